The van der Waals surface area contributed by atoms with Crippen molar-refractivity contribution in [1.29, 1.82) is 0 Å². The highest BCUT2D eigenvalue weighted by Gasteiger charge is 1.97. The molecule has 0 aliphatic heterocycles. The van der Waals surface area contributed by atoms with Gasteiger partial charge >= 0.3 is 0 Å². The van der Waals surface area contributed by atoms with Gasteiger partial charge in [0.25, 0.3) is 0 Å². The van der Waals surface area contributed by atoms with Crippen molar-refractivity contribution in [3.8, 4) is 12.3 Å². The van der Waals surface area contributed by atoms with Crippen LogP contribution in [-0.2, 0) is 4.79 Å². The van der Waals surface area contributed by atoms with E-state index in [0.717, 1.165) is 5.57 Å². The number of terminal acetylenes is 1. The third-order valence-corrected chi connectivity index (χ3v) is 1.10. The molecule has 0 unspecified atom stereocenters. The Kier molecular flexibility index (Phi) is 5.76. The lowest BCUT2D eigenvalue weighted by molar-refractivity contribution is -0.120. The average molecular weight is 166 g/mol. The van der Waals surface area contributed by atoms with E-state index in [2.05, 4.69) is 23.1 Å². The van der Waals surface area contributed by atoms with Crippen molar-refractivity contribution in [3.63, 3.8) is 0 Å². The summed E-state index contributed by atoms with van der Waals surface area (Å²) in [5, 5.41) is 5.45. The SMILES string of the molecule is C#CCNCC(=O)NCC(=C)C. The number of hydrogen-bond acceptors (Lipinski definition) is 2. The van der Waals surface area contributed by atoms with E-state index in [9.17, 15) is 4.79 Å². The fraction of sp³-hybridized carbons (Fsp3) is 0.444. The second-order valence-corrected chi connectivity index (χ2v) is 2.54. The summed E-state index contributed by atoms with van der Waals surface area (Å²) in [7, 11) is 0. The molecule has 66 valence electrons. The highest BCUT2D eigenvalue weighted by molar-refractivity contribution is 5.78. The van der Waals surface area contributed by atoms with Crippen LogP contribution in [0.25, 0.3) is 0 Å². The Labute approximate surface area is 73.2 Å². The summed E-state index contributed by atoms with van der Waals surface area (Å²) in [6.07, 6.45) is 4.98. The topological polar surface area (TPSA) is 41.1 Å². The fourth-order valence-corrected chi connectivity index (χ4v) is 0.560. The van der Waals surface area contributed by atoms with Crippen LogP contribution in [0.15, 0.2) is 12.2 Å². The zero-order valence-corrected chi connectivity index (χ0v) is 7.31. The molecule has 0 saturated carbocycles. The van der Waals surface area contributed by atoms with E-state index in [1.54, 1.807) is 0 Å². The van der Waals surface area contributed by atoms with Gasteiger partial charge in [0, 0.05) is 6.54 Å². The van der Waals surface area contributed by atoms with Crippen LogP contribution in [0.3, 0.4) is 0 Å². The molecule has 0 aromatic heterocycles. The van der Waals surface area contributed by atoms with Crippen molar-refractivity contribution in [3.05, 3.63) is 12.2 Å². The maximum Gasteiger partial charge on any atom is 0.234 e. The molecular weight excluding hydrogens is 152 g/mol. The molecular formula is C9H14N2O. The number of carbonyl (C=O) groups excluding carboxylic acids is 1. The van der Waals surface area contributed by atoms with E-state index in [1.807, 2.05) is 6.92 Å². The summed E-state index contributed by atoms with van der Waals surface area (Å²) >= 11 is 0. The predicted octanol–water partition coefficient (Wildman–Crippen LogP) is -0.0985. The molecule has 0 aromatic rings. The first-order chi connectivity index (χ1) is 5.66. The second kappa shape index (κ2) is 6.44. The molecule has 0 spiro atoms. The minimum absolute atomic E-state index is 0.0618. The quantitative estimate of drug-likeness (QED) is 0.340. The molecule has 0 rings (SSSR count). The van der Waals surface area contributed by atoms with Crippen molar-refractivity contribution in [2.24, 2.45) is 0 Å². The summed E-state index contributed by atoms with van der Waals surface area (Å²) in [5.41, 5.74) is 0.931. The van der Waals surface area contributed by atoms with Gasteiger partial charge in [0.05, 0.1) is 13.1 Å². The Morgan fingerprint density at radius 3 is 2.75 bits per heavy atom. The lowest BCUT2D eigenvalue weighted by atomic mass is 10.3. The standard InChI is InChI=1S/C9H14N2O/c1-4-5-10-7-9(12)11-6-8(2)3/h1,10H,2,5-7H2,3H3,(H,11,12). The number of nitrogens with one attached hydrogen (secondary N) is 2. The van der Waals surface area contributed by atoms with Gasteiger partial charge in [-0.3, -0.25) is 10.1 Å². The molecule has 2 N–H and O–H groups in total. The first kappa shape index (κ1) is 10.7. The van der Waals surface area contributed by atoms with Gasteiger partial charge in [-0.2, -0.15) is 0 Å². The molecule has 0 aromatic carbocycles. The van der Waals surface area contributed by atoms with E-state index in [1.165, 1.54) is 0 Å². The summed E-state index contributed by atoms with van der Waals surface area (Å²) in [6.45, 7) is 6.72. The van der Waals surface area contributed by atoms with Gasteiger partial charge in [-0.15, -0.1) is 6.42 Å². The van der Waals surface area contributed by atoms with Crippen molar-refractivity contribution < 1.29 is 4.79 Å². The van der Waals surface area contributed by atoms with Gasteiger partial charge in [-0.25, -0.2) is 0 Å². The lowest BCUT2D eigenvalue weighted by Gasteiger charge is -2.03. The maximum atomic E-state index is 10.9. The normalized spacial score (nSPS) is 8.67. The minimum Gasteiger partial charge on any atom is -0.351 e. The Hall–Kier alpha value is -1.27. The van der Waals surface area contributed by atoms with Crippen LogP contribution in [0.4, 0.5) is 0 Å². The molecule has 0 heterocycles. The van der Waals surface area contributed by atoms with Crippen LogP contribution in [0, 0.1) is 12.3 Å². The first-order valence-corrected chi connectivity index (χ1v) is 3.72. The Morgan fingerprint density at radius 1 is 1.58 bits per heavy atom. The highest BCUT2D eigenvalue weighted by Crippen LogP contribution is 1.80. The predicted molar refractivity (Wildman–Crippen MR) is 49.5 cm³/mol. The smallest absolute Gasteiger partial charge is 0.234 e. The van der Waals surface area contributed by atoms with Crippen molar-refractivity contribution in [2.45, 2.75) is 6.92 Å². The summed E-state index contributed by atoms with van der Waals surface area (Å²) in [5.74, 6) is 2.32. The van der Waals surface area contributed by atoms with Crippen LogP contribution in [0.1, 0.15) is 6.92 Å². The van der Waals surface area contributed by atoms with Gasteiger partial charge in [-0.05, 0) is 6.92 Å². The summed E-state index contributed by atoms with van der Waals surface area (Å²) in [6, 6.07) is 0. The van der Waals surface area contributed by atoms with Crippen molar-refractivity contribution in [1.82, 2.24) is 10.6 Å². The van der Waals surface area contributed by atoms with E-state index in [-0.39, 0.29) is 12.5 Å². The van der Waals surface area contributed by atoms with Gasteiger partial charge in [-0.1, -0.05) is 18.1 Å². The molecule has 0 aliphatic carbocycles. The Morgan fingerprint density at radius 2 is 2.25 bits per heavy atom. The minimum atomic E-state index is -0.0618. The highest BCUT2D eigenvalue weighted by atomic mass is 16.1. The lowest BCUT2D eigenvalue weighted by Crippen LogP contribution is -2.34. The summed E-state index contributed by atoms with van der Waals surface area (Å²) < 4.78 is 0. The monoisotopic (exact) mass is 166 g/mol. The average Bonchev–Trinajstić information content (AvgIpc) is 2.01. The molecule has 0 aliphatic rings. The van der Waals surface area contributed by atoms with Gasteiger partial charge < -0.3 is 5.32 Å². The first-order valence-electron chi connectivity index (χ1n) is 3.72. The van der Waals surface area contributed by atoms with Crippen LogP contribution >= 0.6 is 0 Å². The third kappa shape index (κ3) is 6.84. The number of carbonyl (C=O) groups is 1. The van der Waals surface area contributed by atoms with Crippen LogP contribution < -0.4 is 10.6 Å². The van der Waals surface area contributed by atoms with Crippen molar-refractivity contribution in [2.75, 3.05) is 19.6 Å². The van der Waals surface area contributed by atoms with Gasteiger partial charge in [0.15, 0.2) is 0 Å². The molecule has 3 heteroatoms. The summed E-state index contributed by atoms with van der Waals surface area (Å²) in [4.78, 5) is 10.9. The Balaban J connectivity index is 3.35. The fourth-order valence-electron chi connectivity index (χ4n) is 0.560. The zero-order chi connectivity index (χ0) is 9.40. The molecule has 0 bridgehead atoms. The molecule has 0 radical (unpaired) electrons. The van der Waals surface area contributed by atoms with Gasteiger partial charge in [0.1, 0.15) is 0 Å². The van der Waals surface area contributed by atoms with E-state index < -0.39 is 0 Å². The largest absolute Gasteiger partial charge is 0.351 e. The number of amides is 1. The van der Waals surface area contributed by atoms with Crippen LogP contribution in [0.5, 0.6) is 0 Å². The number of rotatable bonds is 5. The van der Waals surface area contributed by atoms with E-state index in [0.29, 0.717) is 13.1 Å². The number of hydrogen-bond donors (Lipinski definition) is 2. The molecule has 0 atom stereocenters. The zero-order valence-electron chi connectivity index (χ0n) is 7.31. The van der Waals surface area contributed by atoms with E-state index >= 15 is 0 Å². The van der Waals surface area contributed by atoms with Crippen LogP contribution in [-0.4, -0.2) is 25.5 Å². The van der Waals surface area contributed by atoms with E-state index in [4.69, 9.17) is 6.42 Å². The molecule has 3 nitrogen and oxygen atoms in total. The third-order valence-electron chi connectivity index (χ3n) is 1.10. The Bertz CT molecular complexity index is 203. The molecule has 12 heavy (non-hydrogen) atoms. The molecule has 0 fully saturated rings. The maximum absolute atomic E-state index is 10.9. The van der Waals surface area contributed by atoms with Crippen molar-refractivity contribution >= 4 is 5.91 Å². The molecule has 0 saturated heterocycles. The van der Waals surface area contributed by atoms with Gasteiger partial charge in [0.2, 0.25) is 5.91 Å². The second-order valence-electron chi connectivity index (χ2n) is 2.54. The van der Waals surface area contributed by atoms with Crippen LogP contribution in [0.2, 0.25) is 0 Å². The molecule has 1 amide bonds.